The summed E-state index contributed by atoms with van der Waals surface area (Å²) in [6.45, 7) is 1.91. The fourth-order valence-corrected chi connectivity index (χ4v) is 1.61. The number of carbonyl (C=O) groups is 2. The normalized spacial score (nSPS) is 11.7. The molecule has 1 aromatic rings. The third-order valence-corrected chi connectivity index (χ3v) is 2.67. The van der Waals surface area contributed by atoms with Crippen LogP contribution >= 0.6 is 0 Å². The number of pyridine rings is 1. The van der Waals surface area contributed by atoms with Gasteiger partial charge in [-0.05, 0) is 18.6 Å². The van der Waals surface area contributed by atoms with Crippen molar-refractivity contribution in [3.63, 3.8) is 0 Å². The number of anilines is 1. The molecule has 0 saturated carbocycles. The van der Waals surface area contributed by atoms with Gasteiger partial charge in [0, 0.05) is 32.0 Å². The molecule has 2 N–H and O–H groups in total. The molecule has 19 heavy (non-hydrogen) atoms. The average Bonchev–Trinajstić information content (AvgIpc) is 2.36. The lowest BCUT2D eigenvalue weighted by Crippen LogP contribution is -2.24. The molecule has 6 nitrogen and oxygen atoms in total. The van der Waals surface area contributed by atoms with E-state index in [-0.39, 0.29) is 18.4 Å². The van der Waals surface area contributed by atoms with E-state index in [0.717, 1.165) is 0 Å². The number of hydrogen-bond acceptors (Lipinski definition) is 4. The van der Waals surface area contributed by atoms with Gasteiger partial charge >= 0.3 is 5.97 Å². The van der Waals surface area contributed by atoms with Crippen molar-refractivity contribution >= 4 is 17.6 Å². The van der Waals surface area contributed by atoms with Gasteiger partial charge in [0.15, 0.2) is 0 Å². The maximum atomic E-state index is 11.8. The Kier molecular flexibility index (Phi) is 5.29. The van der Waals surface area contributed by atoms with Gasteiger partial charge in [0.05, 0.1) is 6.42 Å². The van der Waals surface area contributed by atoms with Crippen molar-refractivity contribution in [1.82, 2.24) is 9.88 Å². The van der Waals surface area contributed by atoms with E-state index in [0.29, 0.717) is 17.8 Å². The number of carboxylic acids is 1. The molecule has 0 aliphatic carbocycles. The van der Waals surface area contributed by atoms with Crippen molar-refractivity contribution in [2.24, 2.45) is 0 Å². The lowest BCUT2D eigenvalue weighted by atomic mass is 10.1. The molecule has 0 fully saturated rings. The van der Waals surface area contributed by atoms with Crippen LogP contribution in [0.25, 0.3) is 0 Å². The van der Waals surface area contributed by atoms with Crippen LogP contribution < -0.4 is 5.32 Å². The summed E-state index contributed by atoms with van der Waals surface area (Å²) < 4.78 is 0. The molecule has 1 unspecified atom stereocenters. The molecular formula is C13H19N3O3. The van der Waals surface area contributed by atoms with E-state index >= 15 is 0 Å². The summed E-state index contributed by atoms with van der Waals surface area (Å²) in [7, 11) is 3.31. The van der Waals surface area contributed by atoms with E-state index in [4.69, 9.17) is 5.11 Å². The fraction of sp³-hybridized carbons (Fsp3) is 0.462. The number of hydrogen-bond donors (Lipinski definition) is 2. The number of aromatic nitrogens is 1. The van der Waals surface area contributed by atoms with Crippen molar-refractivity contribution < 1.29 is 14.7 Å². The van der Waals surface area contributed by atoms with Crippen LogP contribution in [0, 0.1) is 0 Å². The molecule has 0 aromatic carbocycles. The second-order valence-corrected chi connectivity index (χ2v) is 4.48. The van der Waals surface area contributed by atoms with Crippen LogP contribution in [0.2, 0.25) is 0 Å². The van der Waals surface area contributed by atoms with Gasteiger partial charge in [-0.3, -0.25) is 14.6 Å². The first-order valence-corrected chi connectivity index (χ1v) is 6.10. The second kappa shape index (κ2) is 6.72. The van der Waals surface area contributed by atoms with Crippen LogP contribution in [0.5, 0.6) is 0 Å². The molecule has 6 heteroatoms. The molecule has 0 bridgehead atoms. The molecule has 0 aliphatic heterocycles. The number of amides is 1. The lowest BCUT2D eigenvalue weighted by molar-refractivity contribution is -0.137. The molecule has 0 saturated heterocycles. The number of nitrogens with zero attached hydrogens (tertiary/aromatic N) is 2. The number of nitrogens with one attached hydrogen (secondary N) is 1. The Hall–Kier alpha value is -2.11. The summed E-state index contributed by atoms with van der Waals surface area (Å²) in [4.78, 5) is 27.9. The van der Waals surface area contributed by atoms with Crippen LogP contribution in [0.3, 0.4) is 0 Å². The minimum absolute atomic E-state index is 0.0375. The highest BCUT2D eigenvalue weighted by Crippen LogP contribution is 2.13. The Morgan fingerprint density at radius 2 is 2.16 bits per heavy atom. The minimum atomic E-state index is -0.849. The Morgan fingerprint density at radius 3 is 2.68 bits per heavy atom. The molecule has 1 aromatic heterocycles. The molecule has 1 rings (SSSR count). The predicted octanol–water partition coefficient (Wildman–Crippen LogP) is 1.45. The van der Waals surface area contributed by atoms with Crippen molar-refractivity contribution in [1.29, 1.82) is 0 Å². The molecule has 1 heterocycles. The lowest BCUT2D eigenvalue weighted by Gasteiger charge is -2.17. The van der Waals surface area contributed by atoms with E-state index in [1.807, 2.05) is 6.92 Å². The van der Waals surface area contributed by atoms with E-state index in [2.05, 4.69) is 10.3 Å². The summed E-state index contributed by atoms with van der Waals surface area (Å²) in [5.74, 6) is -1.03. The summed E-state index contributed by atoms with van der Waals surface area (Å²) in [5, 5.41) is 11.9. The first kappa shape index (κ1) is 14.9. The molecule has 0 radical (unpaired) electrons. The van der Waals surface area contributed by atoms with Crippen LogP contribution in [0.1, 0.15) is 30.3 Å². The van der Waals surface area contributed by atoms with Gasteiger partial charge in [-0.2, -0.15) is 0 Å². The van der Waals surface area contributed by atoms with Gasteiger partial charge < -0.3 is 15.3 Å². The van der Waals surface area contributed by atoms with Crippen LogP contribution in [0.15, 0.2) is 18.3 Å². The average molecular weight is 265 g/mol. The Bertz CT molecular complexity index is 460. The second-order valence-electron chi connectivity index (χ2n) is 4.48. The molecule has 104 valence electrons. The molecule has 1 amide bonds. The Morgan fingerprint density at radius 1 is 1.47 bits per heavy atom. The van der Waals surface area contributed by atoms with Gasteiger partial charge in [-0.15, -0.1) is 0 Å². The maximum Gasteiger partial charge on any atom is 0.305 e. The summed E-state index contributed by atoms with van der Waals surface area (Å²) in [5.41, 5.74) is 1.04. The summed E-state index contributed by atoms with van der Waals surface area (Å²) in [6, 6.07) is 3.19. The highest BCUT2D eigenvalue weighted by molar-refractivity contribution is 5.92. The van der Waals surface area contributed by atoms with Crippen LogP contribution in [0.4, 0.5) is 5.69 Å². The van der Waals surface area contributed by atoms with Gasteiger partial charge in [0.1, 0.15) is 5.69 Å². The van der Waals surface area contributed by atoms with Crippen molar-refractivity contribution in [3.8, 4) is 0 Å². The largest absolute Gasteiger partial charge is 0.481 e. The van der Waals surface area contributed by atoms with E-state index in [1.54, 1.807) is 26.2 Å². The van der Waals surface area contributed by atoms with E-state index in [1.165, 1.54) is 11.1 Å². The molecule has 1 atom stereocenters. The van der Waals surface area contributed by atoms with Crippen LogP contribution in [-0.4, -0.2) is 47.0 Å². The number of aliphatic carboxylic acids is 1. The number of rotatable bonds is 6. The van der Waals surface area contributed by atoms with Gasteiger partial charge in [-0.25, -0.2) is 0 Å². The van der Waals surface area contributed by atoms with Crippen molar-refractivity contribution in [2.45, 2.75) is 25.8 Å². The molecule has 0 aliphatic rings. The van der Waals surface area contributed by atoms with Crippen molar-refractivity contribution in [2.75, 3.05) is 19.4 Å². The van der Waals surface area contributed by atoms with Gasteiger partial charge in [0.2, 0.25) is 0 Å². The topological polar surface area (TPSA) is 82.5 Å². The first-order valence-electron chi connectivity index (χ1n) is 6.10. The first-order chi connectivity index (χ1) is 8.93. The van der Waals surface area contributed by atoms with Gasteiger partial charge in [-0.1, -0.05) is 6.92 Å². The third-order valence-electron chi connectivity index (χ3n) is 2.67. The van der Waals surface area contributed by atoms with E-state index in [9.17, 15) is 9.59 Å². The Balaban J connectivity index is 2.81. The minimum Gasteiger partial charge on any atom is -0.481 e. The smallest absolute Gasteiger partial charge is 0.305 e. The highest BCUT2D eigenvalue weighted by Gasteiger charge is 2.13. The maximum absolute atomic E-state index is 11.8. The number of carbonyl (C=O) groups excluding carboxylic acids is 1. The monoisotopic (exact) mass is 265 g/mol. The van der Waals surface area contributed by atoms with E-state index < -0.39 is 5.97 Å². The zero-order valence-electron chi connectivity index (χ0n) is 11.4. The quantitative estimate of drug-likeness (QED) is 0.813. The molecule has 0 spiro atoms. The zero-order chi connectivity index (χ0) is 14.4. The zero-order valence-corrected chi connectivity index (χ0v) is 11.4. The summed E-state index contributed by atoms with van der Waals surface area (Å²) in [6.07, 6.45) is 2.26. The van der Waals surface area contributed by atoms with Gasteiger partial charge in [0.25, 0.3) is 5.91 Å². The Labute approximate surface area is 112 Å². The number of carboxylic acid groups (broad SMARTS) is 1. The van der Waals surface area contributed by atoms with Crippen LogP contribution in [-0.2, 0) is 4.79 Å². The fourth-order valence-electron chi connectivity index (χ4n) is 1.61. The third kappa shape index (κ3) is 4.57. The summed E-state index contributed by atoms with van der Waals surface area (Å²) >= 11 is 0. The van der Waals surface area contributed by atoms with Crippen molar-refractivity contribution in [3.05, 3.63) is 24.0 Å². The molecular weight excluding hydrogens is 246 g/mol. The highest BCUT2D eigenvalue weighted by atomic mass is 16.4. The standard InChI is InChI=1S/C13H19N3O3/c1-4-9(8-12(17)18)15-10-5-6-14-11(7-10)13(19)16(2)3/h5-7,9H,4,8H2,1-3H3,(H,14,15)(H,17,18). The predicted molar refractivity (Wildman–Crippen MR) is 72.2 cm³/mol. The SMILES string of the molecule is CCC(CC(=O)O)Nc1ccnc(C(=O)N(C)C)c1.